The predicted molar refractivity (Wildman–Crippen MR) is 157 cm³/mol. The molecule has 2 heterocycles. The Labute approximate surface area is 241 Å². The van der Waals surface area contributed by atoms with E-state index in [4.69, 9.17) is 43.8 Å². The lowest BCUT2D eigenvalue weighted by atomic mass is 9.81. The van der Waals surface area contributed by atoms with Gasteiger partial charge in [-0.3, -0.25) is 0 Å². The largest absolute Gasteiger partial charge is 0.493 e. The predicted octanol–water partition coefficient (Wildman–Crippen LogP) is 6.54. The molecule has 0 amide bonds. The number of nitrogens with two attached hydrogens (primary N) is 1. The van der Waals surface area contributed by atoms with Crippen LogP contribution >= 0.6 is 23.8 Å². The SMILES string of the molecule is COc1cc(C2C(C(=O)OCc3ccccc3)=C(C)Nc3nc(=S)[nH]c(N)c32)ccc1OCc1ccccc1Cl. The summed E-state index contributed by atoms with van der Waals surface area (Å²) in [6.45, 7) is 2.18. The van der Waals surface area contributed by atoms with E-state index in [1.54, 1.807) is 20.1 Å². The van der Waals surface area contributed by atoms with Crippen molar-refractivity contribution in [2.24, 2.45) is 0 Å². The Bertz CT molecular complexity index is 1660. The van der Waals surface area contributed by atoms with Crippen molar-refractivity contribution in [1.82, 2.24) is 9.97 Å². The highest BCUT2D eigenvalue weighted by Gasteiger charge is 2.36. The summed E-state index contributed by atoms with van der Waals surface area (Å²) < 4.78 is 17.7. The van der Waals surface area contributed by atoms with Crippen LogP contribution in [0.1, 0.15) is 35.1 Å². The Morgan fingerprint density at radius 2 is 1.80 bits per heavy atom. The molecule has 4 aromatic rings. The highest BCUT2D eigenvalue weighted by Crippen LogP contribution is 2.45. The molecule has 5 rings (SSSR count). The van der Waals surface area contributed by atoms with Gasteiger partial charge < -0.3 is 30.2 Å². The Morgan fingerprint density at radius 1 is 1.05 bits per heavy atom. The average molecular weight is 575 g/mol. The van der Waals surface area contributed by atoms with Gasteiger partial charge in [-0.05, 0) is 48.5 Å². The molecular weight excluding hydrogens is 548 g/mol. The first-order valence-corrected chi connectivity index (χ1v) is 13.3. The Morgan fingerprint density at radius 3 is 2.55 bits per heavy atom. The fourth-order valence-corrected chi connectivity index (χ4v) is 5.04. The smallest absolute Gasteiger partial charge is 0.337 e. The molecule has 0 bridgehead atoms. The van der Waals surface area contributed by atoms with Crippen LogP contribution in [0.2, 0.25) is 5.02 Å². The highest BCUT2D eigenvalue weighted by molar-refractivity contribution is 7.71. The number of hydrogen-bond donors (Lipinski definition) is 3. The number of benzene rings is 3. The van der Waals surface area contributed by atoms with E-state index in [1.165, 1.54) is 0 Å². The van der Waals surface area contributed by atoms with Crippen LogP contribution in [-0.4, -0.2) is 23.0 Å². The molecule has 0 fully saturated rings. The maximum absolute atomic E-state index is 13.6. The van der Waals surface area contributed by atoms with Gasteiger partial charge in [0.1, 0.15) is 24.8 Å². The molecule has 0 aliphatic carbocycles. The molecule has 0 saturated heterocycles. The molecule has 8 nitrogen and oxygen atoms in total. The number of rotatable bonds is 8. The quantitative estimate of drug-likeness (QED) is 0.161. The number of aromatic amines is 1. The fourth-order valence-electron chi connectivity index (χ4n) is 4.65. The van der Waals surface area contributed by atoms with E-state index in [-0.39, 0.29) is 18.0 Å². The number of halogens is 1. The van der Waals surface area contributed by atoms with Gasteiger partial charge in [-0.25, -0.2) is 9.78 Å². The first kappa shape index (κ1) is 27.2. The van der Waals surface area contributed by atoms with Crippen LogP contribution in [0.4, 0.5) is 11.6 Å². The second kappa shape index (κ2) is 11.8. The zero-order valence-corrected chi connectivity index (χ0v) is 23.4. The molecule has 1 atom stereocenters. The van der Waals surface area contributed by atoms with Gasteiger partial charge in [-0.15, -0.1) is 0 Å². The number of hydrogen-bond acceptors (Lipinski definition) is 8. The van der Waals surface area contributed by atoms with E-state index >= 15 is 0 Å². The number of allylic oxidation sites excluding steroid dienone is 1. The van der Waals surface area contributed by atoms with Gasteiger partial charge in [-0.2, -0.15) is 0 Å². The van der Waals surface area contributed by atoms with E-state index in [9.17, 15) is 4.79 Å². The van der Waals surface area contributed by atoms with E-state index in [0.29, 0.717) is 45.0 Å². The zero-order valence-electron chi connectivity index (χ0n) is 21.9. The van der Waals surface area contributed by atoms with Crippen LogP contribution in [0.3, 0.4) is 0 Å². The van der Waals surface area contributed by atoms with Crippen molar-refractivity contribution >= 4 is 41.4 Å². The third kappa shape index (κ3) is 5.66. The number of carbonyl (C=O) groups excluding carboxylic acids is 1. The van der Waals surface area contributed by atoms with E-state index < -0.39 is 11.9 Å². The van der Waals surface area contributed by atoms with Crippen molar-refractivity contribution in [3.63, 3.8) is 0 Å². The van der Waals surface area contributed by atoms with Crippen LogP contribution in [0.25, 0.3) is 0 Å². The number of nitrogen functional groups attached to an aromatic ring is 1. The van der Waals surface area contributed by atoms with Crippen molar-refractivity contribution < 1.29 is 19.0 Å². The van der Waals surface area contributed by atoms with Gasteiger partial charge in [0.15, 0.2) is 16.3 Å². The van der Waals surface area contributed by atoms with Crippen LogP contribution < -0.4 is 20.5 Å². The van der Waals surface area contributed by atoms with Crippen LogP contribution in [0, 0.1) is 4.77 Å². The summed E-state index contributed by atoms with van der Waals surface area (Å²) >= 11 is 11.5. The second-order valence-electron chi connectivity index (χ2n) is 9.17. The van der Waals surface area contributed by atoms with Crippen LogP contribution in [0.15, 0.2) is 84.1 Å². The minimum Gasteiger partial charge on any atom is -0.493 e. The minimum absolute atomic E-state index is 0.124. The standard InChI is InChI=1S/C30H27ClN4O4S/c1-17-24(29(36)39-15-18-8-4-3-5-9-18)25(26-27(32)34-30(40)35-28(26)33-17)19-12-13-22(23(14-19)37-2)38-16-20-10-6-7-11-21(20)31/h3-14,25H,15-16H2,1-2H3,(H4,32,33,34,35,40). The molecule has 0 spiro atoms. The molecule has 0 saturated carbocycles. The van der Waals surface area contributed by atoms with Crippen molar-refractivity contribution in [3.8, 4) is 11.5 Å². The monoisotopic (exact) mass is 574 g/mol. The lowest BCUT2D eigenvalue weighted by Gasteiger charge is -2.30. The summed E-state index contributed by atoms with van der Waals surface area (Å²) in [4.78, 5) is 20.9. The molecule has 204 valence electrons. The number of ether oxygens (including phenoxy) is 3. The Hall–Kier alpha value is -4.34. The van der Waals surface area contributed by atoms with Crippen molar-refractivity contribution in [3.05, 3.63) is 116 Å². The van der Waals surface area contributed by atoms with Gasteiger partial charge in [0, 0.05) is 21.8 Å². The molecule has 1 aliphatic heterocycles. The third-order valence-electron chi connectivity index (χ3n) is 6.58. The summed E-state index contributed by atoms with van der Waals surface area (Å²) in [6.07, 6.45) is 0. The Balaban J connectivity index is 1.52. The number of H-pyrrole nitrogens is 1. The first-order chi connectivity index (χ1) is 19.4. The average Bonchev–Trinajstić information content (AvgIpc) is 2.95. The normalized spacial score (nSPS) is 14.2. The van der Waals surface area contributed by atoms with Gasteiger partial charge in [0.25, 0.3) is 0 Å². The summed E-state index contributed by atoms with van der Waals surface area (Å²) in [6, 6.07) is 22.4. The number of nitrogens with one attached hydrogen (secondary N) is 2. The molecule has 40 heavy (non-hydrogen) atoms. The lowest BCUT2D eigenvalue weighted by molar-refractivity contribution is -0.140. The number of carbonyl (C=O) groups is 1. The maximum atomic E-state index is 13.6. The Kier molecular flexibility index (Phi) is 8.04. The van der Waals surface area contributed by atoms with Gasteiger partial charge in [-0.1, -0.05) is 66.2 Å². The first-order valence-electron chi connectivity index (χ1n) is 12.5. The molecule has 10 heteroatoms. The number of nitrogens with zero attached hydrogens (tertiary/aromatic N) is 1. The van der Waals surface area contributed by atoms with Crippen molar-refractivity contribution in [2.75, 3.05) is 18.2 Å². The second-order valence-corrected chi connectivity index (χ2v) is 9.96. The number of anilines is 2. The molecule has 1 aromatic heterocycles. The molecule has 3 aromatic carbocycles. The summed E-state index contributed by atoms with van der Waals surface area (Å²) in [5.41, 5.74) is 10.4. The fraction of sp³-hybridized carbons (Fsp3) is 0.167. The number of esters is 1. The van der Waals surface area contributed by atoms with E-state index in [2.05, 4.69) is 15.3 Å². The molecular formula is C30H27ClN4O4S. The third-order valence-corrected chi connectivity index (χ3v) is 7.14. The molecule has 1 unspecified atom stereocenters. The molecule has 0 radical (unpaired) electrons. The van der Waals surface area contributed by atoms with Crippen LogP contribution in [-0.2, 0) is 22.7 Å². The van der Waals surface area contributed by atoms with Gasteiger partial charge in [0.05, 0.1) is 18.6 Å². The van der Waals surface area contributed by atoms with Crippen LogP contribution in [0.5, 0.6) is 11.5 Å². The molecule has 4 N–H and O–H groups in total. The maximum Gasteiger partial charge on any atom is 0.337 e. The summed E-state index contributed by atoms with van der Waals surface area (Å²) in [5, 5.41) is 3.80. The minimum atomic E-state index is -0.620. The lowest BCUT2D eigenvalue weighted by Crippen LogP contribution is -2.26. The zero-order chi connectivity index (χ0) is 28.2. The summed E-state index contributed by atoms with van der Waals surface area (Å²) in [5.74, 6) is 0.671. The topological polar surface area (TPSA) is 111 Å². The number of fused-ring (bicyclic) bond motifs is 1. The van der Waals surface area contributed by atoms with Crippen molar-refractivity contribution in [2.45, 2.75) is 26.1 Å². The number of methoxy groups -OCH3 is 1. The summed E-state index contributed by atoms with van der Waals surface area (Å²) in [7, 11) is 1.56. The highest BCUT2D eigenvalue weighted by atomic mass is 35.5. The number of aromatic nitrogens is 2. The molecule has 1 aliphatic rings. The van der Waals surface area contributed by atoms with E-state index in [1.807, 2.05) is 66.7 Å². The van der Waals surface area contributed by atoms with Gasteiger partial charge in [0.2, 0.25) is 0 Å². The van der Waals surface area contributed by atoms with Gasteiger partial charge >= 0.3 is 5.97 Å². The van der Waals surface area contributed by atoms with Crippen molar-refractivity contribution in [1.29, 1.82) is 0 Å². The van der Waals surface area contributed by atoms with E-state index in [0.717, 1.165) is 16.7 Å².